The van der Waals surface area contributed by atoms with E-state index in [0.717, 1.165) is 40.8 Å². The number of fused-ring (bicyclic) bond motifs is 1. The first-order chi connectivity index (χ1) is 15.1. The molecule has 8 nitrogen and oxygen atoms in total. The summed E-state index contributed by atoms with van der Waals surface area (Å²) < 4.78 is 8.39. The number of amides is 1. The smallest absolute Gasteiger partial charge is 0.436 e. The van der Waals surface area contributed by atoms with Gasteiger partial charge in [0.1, 0.15) is 12.4 Å². The van der Waals surface area contributed by atoms with Crippen LogP contribution in [0.1, 0.15) is 32.1 Å². The molecule has 1 atom stereocenters. The Morgan fingerprint density at radius 2 is 2.19 bits per heavy atom. The Bertz CT molecular complexity index is 955. The molecule has 3 N–H and O–H groups in total. The van der Waals surface area contributed by atoms with Crippen molar-refractivity contribution in [1.29, 1.82) is 0 Å². The molecule has 1 aromatic heterocycles. The highest BCUT2D eigenvalue weighted by Gasteiger charge is 2.29. The molecule has 1 aromatic carbocycles. The minimum Gasteiger partial charge on any atom is -0.492 e. The molecule has 1 aliphatic heterocycles. The lowest BCUT2D eigenvalue weighted by Crippen LogP contribution is -2.37. The summed E-state index contributed by atoms with van der Waals surface area (Å²) in [5.74, 6) is 1.17. The Kier molecular flexibility index (Phi) is 6.82. The van der Waals surface area contributed by atoms with Crippen molar-refractivity contribution in [2.24, 2.45) is 18.7 Å². The van der Waals surface area contributed by atoms with Gasteiger partial charge in [0, 0.05) is 30.8 Å². The fraction of sp³-hybridized carbons (Fsp3) is 0.455. The van der Waals surface area contributed by atoms with Crippen LogP contribution in [0.15, 0.2) is 40.6 Å². The number of nitrogens with zero attached hydrogens (tertiary/aromatic N) is 3. The van der Waals surface area contributed by atoms with Crippen molar-refractivity contribution in [1.82, 2.24) is 14.8 Å². The SMILES string of the molecule is Cn1ncc(Br)c1-c1cc(NC(=O)ON2CCCC3CCCC=C32)ccc1OCCN. The Balaban J connectivity index is 1.52. The summed E-state index contributed by atoms with van der Waals surface area (Å²) in [6.45, 7) is 1.53. The van der Waals surface area contributed by atoms with Crippen LogP contribution >= 0.6 is 15.9 Å². The normalized spacial score (nSPS) is 18.2. The molecule has 0 radical (unpaired) electrons. The number of halogens is 1. The van der Waals surface area contributed by atoms with Crippen molar-refractivity contribution >= 4 is 27.7 Å². The minimum atomic E-state index is -0.502. The Labute approximate surface area is 190 Å². The van der Waals surface area contributed by atoms with Crippen LogP contribution in [-0.4, -0.2) is 40.6 Å². The molecule has 4 rings (SSSR count). The Morgan fingerprint density at radius 3 is 2.97 bits per heavy atom. The van der Waals surface area contributed by atoms with E-state index in [2.05, 4.69) is 32.4 Å². The second-order valence-electron chi connectivity index (χ2n) is 7.82. The van der Waals surface area contributed by atoms with E-state index >= 15 is 0 Å². The number of ether oxygens (including phenoxy) is 1. The second kappa shape index (κ2) is 9.74. The van der Waals surface area contributed by atoms with E-state index in [4.69, 9.17) is 15.3 Å². The standard InChI is InChI=1S/C22H28BrN5O3/c1-27-21(18(23)14-25-27)17-13-16(8-9-20(17)30-12-10-24)26-22(29)31-28-11-4-6-15-5-2-3-7-19(15)28/h7-9,13-15H,2-6,10-12,24H2,1H3,(H,26,29). The van der Waals surface area contributed by atoms with Crippen LogP contribution in [0.4, 0.5) is 10.5 Å². The molecule has 2 aromatic rings. The van der Waals surface area contributed by atoms with Gasteiger partial charge in [-0.25, -0.2) is 9.86 Å². The van der Waals surface area contributed by atoms with Crippen molar-refractivity contribution in [2.45, 2.75) is 32.1 Å². The number of carbonyl (C=O) groups excluding carboxylic acids is 1. The minimum absolute atomic E-state index is 0.391. The Hall–Kier alpha value is -2.52. The first-order valence-corrected chi connectivity index (χ1v) is 11.5. The molecule has 2 aliphatic rings. The zero-order valence-corrected chi connectivity index (χ0v) is 19.2. The van der Waals surface area contributed by atoms with E-state index in [1.807, 2.05) is 19.2 Å². The highest BCUT2D eigenvalue weighted by atomic mass is 79.9. The van der Waals surface area contributed by atoms with Gasteiger partial charge in [-0.05, 0) is 66.2 Å². The number of hydrogen-bond donors (Lipinski definition) is 2. The van der Waals surface area contributed by atoms with E-state index < -0.39 is 6.09 Å². The van der Waals surface area contributed by atoms with Gasteiger partial charge in [0.25, 0.3) is 0 Å². The zero-order valence-electron chi connectivity index (χ0n) is 17.6. The fourth-order valence-corrected chi connectivity index (χ4v) is 4.84. The van der Waals surface area contributed by atoms with Crippen LogP contribution in [-0.2, 0) is 11.9 Å². The zero-order chi connectivity index (χ0) is 21.8. The first kappa shape index (κ1) is 21.7. The van der Waals surface area contributed by atoms with Crippen molar-refractivity contribution in [3.05, 3.63) is 40.6 Å². The number of rotatable bonds is 6. The number of benzene rings is 1. The summed E-state index contributed by atoms with van der Waals surface area (Å²) in [7, 11) is 1.85. The molecule has 1 amide bonds. The van der Waals surface area contributed by atoms with E-state index in [0.29, 0.717) is 30.5 Å². The van der Waals surface area contributed by atoms with Gasteiger partial charge in [-0.2, -0.15) is 5.10 Å². The summed E-state index contributed by atoms with van der Waals surface area (Å²) in [4.78, 5) is 18.3. The number of anilines is 1. The number of hydroxylamine groups is 2. The van der Waals surface area contributed by atoms with Crippen molar-refractivity contribution < 1.29 is 14.4 Å². The molecule has 2 heterocycles. The van der Waals surface area contributed by atoms with Gasteiger partial charge in [0.05, 0.1) is 28.6 Å². The van der Waals surface area contributed by atoms with Gasteiger partial charge in [0.15, 0.2) is 0 Å². The molecular weight excluding hydrogens is 462 g/mol. The summed E-state index contributed by atoms with van der Waals surface area (Å²) in [6, 6.07) is 5.47. The Morgan fingerprint density at radius 1 is 1.35 bits per heavy atom. The molecule has 0 bridgehead atoms. The topological polar surface area (TPSA) is 94.6 Å². The number of nitrogens with two attached hydrogens (primary N) is 1. The molecule has 0 saturated carbocycles. The van der Waals surface area contributed by atoms with Crippen LogP contribution in [0.3, 0.4) is 0 Å². The van der Waals surface area contributed by atoms with Gasteiger partial charge in [-0.3, -0.25) is 10.00 Å². The maximum atomic E-state index is 12.7. The maximum absolute atomic E-state index is 12.7. The monoisotopic (exact) mass is 489 g/mol. The third-order valence-electron chi connectivity index (χ3n) is 5.67. The fourth-order valence-electron chi connectivity index (χ4n) is 4.28. The largest absolute Gasteiger partial charge is 0.492 e. The number of hydrogen-bond acceptors (Lipinski definition) is 6. The predicted octanol–water partition coefficient (Wildman–Crippen LogP) is 4.43. The van der Waals surface area contributed by atoms with Crippen molar-refractivity contribution in [3.63, 3.8) is 0 Å². The second-order valence-corrected chi connectivity index (χ2v) is 8.67. The van der Waals surface area contributed by atoms with E-state index in [1.54, 1.807) is 22.0 Å². The number of aryl methyl sites for hydroxylation is 1. The maximum Gasteiger partial charge on any atom is 0.436 e. The van der Waals surface area contributed by atoms with Crippen LogP contribution < -0.4 is 15.8 Å². The molecule has 9 heteroatoms. The first-order valence-electron chi connectivity index (χ1n) is 10.7. The molecule has 1 saturated heterocycles. The molecule has 1 aliphatic carbocycles. The number of allylic oxidation sites excluding steroid dienone is 2. The number of aromatic nitrogens is 2. The van der Waals surface area contributed by atoms with Gasteiger partial charge in [0.2, 0.25) is 0 Å². The van der Waals surface area contributed by atoms with Crippen molar-refractivity contribution in [3.8, 4) is 17.0 Å². The predicted molar refractivity (Wildman–Crippen MR) is 122 cm³/mol. The molecule has 166 valence electrons. The lowest BCUT2D eigenvalue weighted by Gasteiger charge is -2.37. The highest BCUT2D eigenvalue weighted by Crippen LogP contribution is 2.37. The molecule has 1 unspecified atom stereocenters. The number of piperidine rings is 1. The summed E-state index contributed by atoms with van der Waals surface area (Å²) in [5.41, 5.74) is 9.00. The lowest BCUT2D eigenvalue weighted by molar-refractivity contribution is -0.0860. The van der Waals surface area contributed by atoms with Crippen LogP contribution in [0.25, 0.3) is 11.3 Å². The lowest BCUT2D eigenvalue weighted by atomic mass is 9.86. The summed E-state index contributed by atoms with van der Waals surface area (Å²) >= 11 is 3.54. The highest BCUT2D eigenvalue weighted by molar-refractivity contribution is 9.10. The van der Waals surface area contributed by atoms with E-state index in [9.17, 15) is 4.79 Å². The summed E-state index contributed by atoms with van der Waals surface area (Å²) in [6.07, 6.45) is 9.04. The molecule has 0 spiro atoms. The van der Waals surface area contributed by atoms with Crippen LogP contribution in [0.5, 0.6) is 5.75 Å². The number of nitrogens with one attached hydrogen (secondary N) is 1. The summed E-state index contributed by atoms with van der Waals surface area (Å²) in [5, 5.41) is 8.90. The quantitative estimate of drug-likeness (QED) is 0.622. The average Bonchev–Trinajstić information content (AvgIpc) is 3.11. The number of carbonyl (C=O) groups is 1. The molecule has 1 fully saturated rings. The molecule has 31 heavy (non-hydrogen) atoms. The van der Waals surface area contributed by atoms with E-state index in [-0.39, 0.29) is 0 Å². The molecular formula is C22H28BrN5O3. The van der Waals surface area contributed by atoms with Crippen molar-refractivity contribution in [2.75, 3.05) is 25.0 Å². The van der Waals surface area contributed by atoms with Gasteiger partial charge >= 0.3 is 6.09 Å². The average molecular weight is 490 g/mol. The van der Waals surface area contributed by atoms with Crippen LogP contribution in [0.2, 0.25) is 0 Å². The van der Waals surface area contributed by atoms with Gasteiger partial charge in [-0.15, -0.1) is 0 Å². The van der Waals surface area contributed by atoms with Gasteiger partial charge < -0.3 is 15.3 Å². The van der Waals surface area contributed by atoms with Gasteiger partial charge in [-0.1, -0.05) is 6.08 Å². The van der Waals surface area contributed by atoms with Crippen LogP contribution in [0, 0.1) is 5.92 Å². The third-order valence-corrected chi connectivity index (χ3v) is 6.25. The van der Waals surface area contributed by atoms with E-state index in [1.165, 1.54) is 19.3 Å². The third kappa shape index (κ3) is 4.88.